The van der Waals surface area contributed by atoms with E-state index in [1.807, 2.05) is 0 Å². The van der Waals surface area contributed by atoms with Crippen LogP contribution in [0.25, 0.3) is 0 Å². The molecule has 4 aromatic rings. The summed E-state index contributed by atoms with van der Waals surface area (Å²) < 4.78 is 21.7. The van der Waals surface area contributed by atoms with E-state index in [0.29, 0.717) is 48.5 Å². The van der Waals surface area contributed by atoms with Crippen LogP contribution in [0, 0.1) is 0 Å². The maximum atomic E-state index is 11.8. The maximum absolute atomic E-state index is 11.8. The molecule has 32 nitrogen and oxygen atoms in total. The molecule has 0 aliphatic heterocycles. The van der Waals surface area contributed by atoms with Crippen molar-refractivity contribution in [2.24, 2.45) is 0 Å². The van der Waals surface area contributed by atoms with Crippen molar-refractivity contribution in [2.45, 2.75) is 6.16 Å². The third kappa shape index (κ3) is 13.8. The first kappa shape index (κ1) is 62.2. The van der Waals surface area contributed by atoms with E-state index in [0.717, 1.165) is 0 Å². The molecule has 4 rings (SSSR count). The minimum atomic E-state index is -4.54. The van der Waals surface area contributed by atoms with Crippen LogP contribution in [0.3, 0.4) is 0 Å². The minimum absolute atomic E-state index is 0.504. The maximum Gasteiger partial charge on any atom is 0.496 e. The average Bonchev–Trinajstić information content (AvgIpc) is 3.28. The first-order valence-electron chi connectivity index (χ1n) is 20.3. The zero-order valence-corrected chi connectivity index (χ0v) is 36.5. The molecule has 0 atom stereocenters. The van der Waals surface area contributed by atoms with E-state index >= 15 is 0 Å². The Balaban J connectivity index is 2.23. The number of hydrogen-bond donors (Lipinski definition) is 28. The summed E-state index contributed by atoms with van der Waals surface area (Å²) in [5.74, 6) is 0. The van der Waals surface area contributed by atoms with Crippen LogP contribution in [0.1, 0.15) is 0 Å². The third-order valence-corrected chi connectivity index (χ3v) is 10.7. The fourth-order valence-electron chi connectivity index (χ4n) is 7.72. The first-order chi connectivity index (χ1) is 33.8. The molecule has 0 aromatic heterocycles. The molecule has 0 bridgehead atoms. The van der Waals surface area contributed by atoms with Crippen LogP contribution in [0.15, 0.2) is 48.5 Å². The molecule has 0 heterocycles. The van der Waals surface area contributed by atoms with Crippen LogP contribution in [0.2, 0.25) is 0 Å². The van der Waals surface area contributed by atoms with Gasteiger partial charge in [0.1, 0.15) is 0 Å². The van der Waals surface area contributed by atoms with Crippen LogP contribution in [0.4, 0.5) is 0 Å². The fraction of sp³-hybridized carbons (Fsp3) is 0.0400. The van der Waals surface area contributed by atoms with E-state index in [1.165, 1.54) is 0 Å². The van der Waals surface area contributed by atoms with Gasteiger partial charge in [0, 0.05) is 0 Å². The Morgan fingerprint density at radius 3 is 0.438 bits per heavy atom. The highest BCUT2D eigenvalue weighted by molar-refractivity contribution is 6.86. The summed E-state index contributed by atoms with van der Waals surface area (Å²) in [6.07, 6.45) is -4.54. The Morgan fingerprint density at radius 2 is 0.315 bits per heavy atom. The minimum Gasteiger partial charge on any atom is -0.423 e. The Bertz CT molecular complexity index is 2170. The number of rotatable bonds is 24. The van der Waals surface area contributed by atoms with Crippen LogP contribution >= 0.6 is 0 Å². The molecule has 0 radical (unpaired) electrons. The Morgan fingerprint density at radius 1 is 0.192 bits per heavy atom. The van der Waals surface area contributed by atoms with Crippen molar-refractivity contribution >= 4 is 201 Å². The van der Waals surface area contributed by atoms with E-state index in [1.54, 1.807) is 0 Å². The normalized spacial score (nSPS) is 11.2. The van der Waals surface area contributed by atoms with Gasteiger partial charge in [0.05, 0.1) is 0 Å². The van der Waals surface area contributed by atoms with E-state index in [9.17, 15) is 141 Å². The predicted octanol–water partition coefficient (Wildman–Crippen LogP) is -28.6. The zero-order valence-electron chi connectivity index (χ0n) is 36.5. The van der Waals surface area contributed by atoms with Crippen LogP contribution in [-0.4, -0.2) is 261 Å². The molecule has 0 saturated carbocycles. The summed E-state index contributed by atoms with van der Waals surface area (Å²) in [7, 11) is -47.5. The second kappa shape index (κ2) is 25.7. The molecular formula is C25H36B16O32. The van der Waals surface area contributed by atoms with Gasteiger partial charge in [-0.05, 0) is 87.4 Å². The van der Waals surface area contributed by atoms with Gasteiger partial charge in [0.25, 0.3) is 0 Å². The summed E-state index contributed by atoms with van der Waals surface area (Å²) in [6, 6.07) is 4.26. The SMILES string of the molecule is OB(O)c1ccc(B(O)OC(OB(O)c2ccc(B(O)O)c(B(O)O)c2B(O)O)(OB(O)c2ccc(B(O)O)c(B(O)O)c2B(O)O)OB(O)c2ccc(B(O)O)c(B(O)O)c2B(O)O)c(B(O)O)c1B(O)O. The van der Waals surface area contributed by atoms with E-state index in [4.69, 9.17) is 18.6 Å². The van der Waals surface area contributed by atoms with Gasteiger partial charge in [-0.3, -0.25) is 0 Å². The lowest BCUT2D eigenvalue weighted by Crippen LogP contribution is -2.71. The summed E-state index contributed by atoms with van der Waals surface area (Å²) >= 11 is 0. The molecule has 0 aliphatic carbocycles. The van der Waals surface area contributed by atoms with E-state index in [2.05, 4.69) is 0 Å². The Kier molecular flexibility index (Phi) is 21.9. The van der Waals surface area contributed by atoms with Gasteiger partial charge in [-0.2, -0.15) is 0 Å². The Hall–Kier alpha value is -3.36. The van der Waals surface area contributed by atoms with Crippen molar-refractivity contribution in [3.05, 3.63) is 48.5 Å². The molecule has 0 fully saturated rings. The second-order valence-electron chi connectivity index (χ2n) is 15.2. The third-order valence-electron chi connectivity index (χ3n) is 10.7. The van der Waals surface area contributed by atoms with Crippen molar-refractivity contribution in [3.63, 3.8) is 0 Å². The lowest BCUT2D eigenvalue weighted by Gasteiger charge is -2.38. The van der Waals surface area contributed by atoms with Gasteiger partial charge in [0.15, 0.2) is 0 Å². The van der Waals surface area contributed by atoms with E-state index < -0.39 is 207 Å². The van der Waals surface area contributed by atoms with Gasteiger partial charge in [0.2, 0.25) is 0 Å². The summed E-state index contributed by atoms with van der Waals surface area (Å²) in [6.45, 7) is 0. The molecular weight excluding hydrogens is 985 g/mol. The number of hydrogen-bond acceptors (Lipinski definition) is 32. The smallest absolute Gasteiger partial charge is 0.423 e. The van der Waals surface area contributed by atoms with Crippen molar-refractivity contribution in [2.75, 3.05) is 0 Å². The molecule has 0 unspecified atom stereocenters. The highest BCUT2D eigenvalue weighted by atomic mass is 17.0. The van der Waals surface area contributed by atoms with E-state index in [-0.39, 0.29) is 0 Å². The lowest BCUT2D eigenvalue weighted by atomic mass is 9.53. The van der Waals surface area contributed by atoms with Crippen LogP contribution in [-0.2, 0) is 18.6 Å². The molecule has 376 valence electrons. The molecule has 0 aliphatic rings. The molecule has 0 amide bonds. The highest BCUT2D eigenvalue weighted by Crippen LogP contribution is 2.22. The van der Waals surface area contributed by atoms with Gasteiger partial charge < -0.3 is 159 Å². The largest absolute Gasteiger partial charge is 0.496 e. The average molecular weight is 1020 g/mol. The molecule has 48 heteroatoms. The summed E-state index contributed by atoms with van der Waals surface area (Å²) in [4.78, 5) is 0. The Labute approximate surface area is 414 Å². The highest BCUT2D eigenvalue weighted by Gasteiger charge is 2.53. The van der Waals surface area contributed by atoms with Gasteiger partial charge in [-0.25, -0.2) is 0 Å². The fourth-order valence-corrected chi connectivity index (χ4v) is 7.72. The van der Waals surface area contributed by atoms with Gasteiger partial charge in [-0.1, -0.05) is 48.5 Å². The topological polar surface area (TPSA) is 603 Å². The van der Waals surface area contributed by atoms with Crippen LogP contribution in [0.5, 0.6) is 0 Å². The molecule has 0 spiro atoms. The zero-order chi connectivity index (χ0) is 55.5. The molecule has 28 N–H and O–H groups in total. The monoisotopic (exact) mass is 1020 g/mol. The van der Waals surface area contributed by atoms with Crippen molar-refractivity contribution in [1.82, 2.24) is 0 Å². The standard InChI is InChI=1S/C25H36B16O32/c42-26(43)9-1-5-13(21(34(58)59)17(9)30(50)51)38(66)70-25(71-39(67)14-6-2-10(27(44)45)18(31(52)53)22(14)35(60)61,72-40(68)15-7-3-11(28(46)47)19(32(54)55)23(15)36(62)63)73-41(69)16-8-4-12(29(48)49)20(33(56)57)24(16)37(64)65/h1-8,42-69H. The van der Waals surface area contributed by atoms with Crippen molar-refractivity contribution < 1.29 is 159 Å². The molecule has 0 saturated heterocycles. The lowest BCUT2D eigenvalue weighted by molar-refractivity contribution is -0.390. The number of benzene rings is 4. The summed E-state index contributed by atoms with van der Waals surface area (Å²) in [5, 5.41) is 292. The quantitative estimate of drug-likeness (QED) is 0.0229. The van der Waals surface area contributed by atoms with Crippen LogP contribution < -0.4 is 87.4 Å². The predicted molar refractivity (Wildman–Crippen MR) is 261 cm³/mol. The van der Waals surface area contributed by atoms with Gasteiger partial charge >= 0.3 is 120 Å². The second-order valence-corrected chi connectivity index (χ2v) is 15.2. The molecule has 73 heavy (non-hydrogen) atoms. The first-order valence-corrected chi connectivity index (χ1v) is 20.3. The molecule has 4 aromatic carbocycles. The van der Waals surface area contributed by atoms with Crippen molar-refractivity contribution in [1.29, 1.82) is 0 Å². The van der Waals surface area contributed by atoms with Gasteiger partial charge in [-0.15, -0.1) is 0 Å². The van der Waals surface area contributed by atoms with Crippen molar-refractivity contribution in [3.8, 4) is 0 Å². The summed E-state index contributed by atoms with van der Waals surface area (Å²) in [5.41, 5.74) is -18.6.